The quantitative estimate of drug-likeness (QED) is 0.859. The van der Waals surface area contributed by atoms with Crippen molar-refractivity contribution in [2.45, 2.75) is 38.1 Å². The molecule has 1 aromatic carbocycles. The van der Waals surface area contributed by atoms with Crippen molar-refractivity contribution in [1.29, 1.82) is 0 Å². The van der Waals surface area contributed by atoms with Crippen LogP contribution in [0.4, 0.5) is 0 Å². The lowest BCUT2D eigenvalue weighted by molar-refractivity contribution is 0.129. The van der Waals surface area contributed by atoms with Gasteiger partial charge in [-0.25, -0.2) is 0 Å². The Kier molecular flexibility index (Phi) is 3.25. The second-order valence-electron chi connectivity index (χ2n) is 5.43. The zero-order chi connectivity index (χ0) is 11.3. The lowest BCUT2D eigenvalue weighted by atomic mass is 9.79. The Bertz CT molecular complexity index is 434. The van der Waals surface area contributed by atoms with Crippen molar-refractivity contribution in [2.75, 3.05) is 13.1 Å². The minimum atomic E-state index is 0. The maximum atomic E-state index is 9.64. The number of piperidine rings is 1. The molecular formula is C14H20BrNO. The third-order valence-corrected chi connectivity index (χ3v) is 4.49. The maximum Gasteiger partial charge on any atom is 0.115 e. The molecule has 2 bridgehead atoms. The van der Waals surface area contributed by atoms with Crippen LogP contribution in [-0.2, 0) is 5.41 Å². The maximum absolute atomic E-state index is 9.64. The molecule has 1 fully saturated rings. The van der Waals surface area contributed by atoms with E-state index in [-0.39, 0.29) is 17.0 Å². The van der Waals surface area contributed by atoms with Gasteiger partial charge < -0.3 is 5.11 Å². The van der Waals surface area contributed by atoms with Crippen LogP contribution in [0.2, 0.25) is 0 Å². The summed E-state index contributed by atoms with van der Waals surface area (Å²) in [5, 5.41) is 9.64. The first kappa shape index (κ1) is 12.9. The molecule has 2 atom stereocenters. The Morgan fingerprint density at radius 3 is 2.94 bits per heavy atom. The van der Waals surface area contributed by atoms with Crippen molar-refractivity contribution in [3.05, 3.63) is 29.3 Å². The monoisotopic (exact) mass is 297 g/mol. The molecule has 0 saturated carbocycles. The lowest BCUT2D eigenvalue weighted by Crippen LogP contribution is -2.37. The number of fused-ring (bicyclic) bond motifs is 5. The molecule has 0 spiro atoms. The average Bonchev–Trinajstić information content (AvgIpc) is 2.49. The minimum Gasteiger partial charge on any atom is -0.508 e. The lowest BCUT2D eigenvalue weighted by Gasteiger charge is -2.37. The number of phenolic OH excluding ortho intramolecular Hbond substituents is 1. The minimum absolute atomic E-state index is 0. The first-order valence-electron chi connectivity index (χ1n) is 6.21. The van der Waals surface area contributed by atoms with Crippen LogP contribution in [0.3, 0.4) is 0 Å². The van der Waals surface area contributed by atoms with Crippen molar-refractivity contribution in [3.63, 3.8) is 0 Å². The molecule has 1 aliphatic carbocycles. The van der Waals surface area contributed by atoms with Crippen LogP contribution in [-0.4, -0.2) is 23.1 Å². The summed E-state index contributed by atoms with van der Waals surface area (Å²) in [5.41, 5.74) is 3.12. The van der Waals surface area contributed by atoms with E-state index < -0.39 is 0 Å². The van der Waals surface area contributed by atoms with Crippen LogP contribution in [0.1, 0.15) is 43.9 Å². The molecule has 1 saturated heterocycles. The van der Waals surface area contributed by atoms with Gasteiger partial charge in [-0.15, -0.1) is 17.0 Å². The summed E-state index contributed by atoms with van der Waals surface area (Å²) in [4.78, 5) is 2.56. The first-order chi connectivity index (χ1) is 7.64. The van der Waals surface area contributed by atoms with Gasteiger partial charge >= 0.3 is 0 Å². The van der Waals surface area contributed by atoms with Gasteiger partial charge in [-0.3, -0.25) is 4.90 Å². The van der Waals surface area contributed by atoms with Crippen LogP contribution in [0.5, 0.6) is 5.75 Å². The van der Waals surface area contributed by atoms with Gasteiger partial charge in [-0.05, 0) is 54.6 Å². The highest BCUT2D eigenvalue weighted by Crippen LogP contribution is 2.53. The van der Waals surface area contributed by atoms with E-state index in [0.29, 0.717) is 17.2 Å². The predicted octanol–water partition coefficient (Wildman–Crippen LogP) is 3.40. The van der Waals surface area contributed by atoms with E-state index in [1.807, 2.05) is 12.1 Å². The summed E-state index contributed by atoms with van der Waals surface area (Å²) in [6, 6.07) is 6.51. The van der Waals surface area contributed by atoms with Crippen LogP contribution in [0.15, 0.2) is 18.2 Å². The number of hydrogen-bond acceptors (Lipinski definition) is 2. The average molecular weight is 298 g/mol. The molecule has 1 aromatic rings. The van der Waals surface area contributed by atoms with Crippen LogP contribution in [0, 0.1) is 0 Å². The Hall–Kier alpha value is -0.540. The van der Waals surface area contributed by atoms with Gasteiger partial charge in [0.25, 0.3) is 0 Å². The number of benzene rings is 1. The van der Waals surface area contributed by atoms with Crippen molar-refractivity contribution in [1.82, 2.24) is 4.90 Å². The van der Waals surface area contributed by atoms with Crippen molar-refractivity contribution < 1.29 is 5.11 Å². The van der Waals surface area contributed by atoms with Gasteiger partial charge in [0.05, 0.1) is 0 Å². The Morgan fingerprint density at radius 1 is 1.47 bits per heavy atom. The third kappa shape index (κ3) is 1.80. The molecule has 2 aliphatic rings. The molecule has 1 heterocycles. The number of aromatic hydroxyl groups is 1. The number of phenols is 1. The fraction of sp³-hybridized carbons (Fsp3) is 0.571. The van der Waals surface area contributed by atoms with Gasteiger partial charge in [0, 0.05) is 6.04 Å². The molecule has 3 rings (SSSR count). The van der Waals surface area contributed by atoms with Gasteiger partial charge in [0.1, 0.15) is 5.75 Å². The fourth-order valence-corrected chi connectivity index (χ4v) is 3.49. The number of rotatable bonds is 1. The van der Waals surface area contributed by atoms with E-state index in [1.165, 1.54) is 30.5 Å². The van der Waals surface area contributed by atoms with E-state index in [0.717, 1.165) is 6.54 Å². The zero-order valence-electron chi connectivity index (χ0n) is 10.4. The molecule has 2 nitrogen and oxygen atoms in total. The third-order valence-electron chi connectivity index (χ3n) is 4.49. The molecular weight excluding hydrogens is 278 g/mol. The topological polar surface area (TPSA) is 23.5 Å². The molecule has 0 aromatic heterocycles. The molecule has 1 aliphatic heterocycles. The van der Waals surface area contributed by atoms with Gasteiger partial charge in [-0.2, -0.15) is 0 Å². The Labute approximate surface area is 113 Å². The molecule has 94 valence electrons. The van der Waals surface area contributed by atoms with Gasteiger partial charge in [-0.1, -0.05) is 19.9 Å². The second-order valence-corrected chi connectivity index (χ2v) is 5.43. The van der Waals surface area contributed by atoms with Crippen molar-refractivity contribution in [2.24, 2.45) is 0 Å². The summed E-state index contributed by atoms with van der Waals surface area (Å²) < 4.78 is 0. The summed E-state index contributed by atoms with van der Waals surface area (Å²) in [6.45, 7) is 6.90. The molecule has 0 amide bonds. The van der Waals surface area contributed by atoms with E-state index in [4.69, 9.17) is 0 Å². The second kappa shape index (κ2) is 4.29. The Morgan fingerprint density at radius 2 is 2.24 bits per heavy atom. The van der Waals surface area contributed by atoms with E-state index in [1.54, 1.807) is 0 Å². The Balaban J connectivity index is 0.00000108. The number of hydrogen-bond donors (Lipinski definition) is 1. The zero-order valence-corrected chi connectivity index (χ0v) is 12.2. The molecule has 3 heteroatoms. The molecule has 2 unspecified atom stereocenters. The first-order valence-corrected chi connectivity index (χ1v) is 6.21. The molecule has 1 N–H and O–H groups in total. The van der Waals surface area contributed by atoms with Crippen LogP contribution in [0.25, 0.3) is 0 Å². The normalized spacial score (nSPS) is 30.8. The van der Waals surface area contributed by atoms with Crippen LogP contribution >= 0.6 is 17.0 Å². The highest BCUT2D eigenvalue weighted by Gasteiger charge is 2.45. The summed E-state index contributed by atoms with van der Waals surface area (Å²) in [6.07, 6.45) is 2.44. The fourth-order valence-electron chi connectivity index (χ4n) is 3.49. The summed E-state index contributed by atoms with van der Waals surface area (Å²) in [7, 11) is 0. The van der Waals surface area contributed by atoms with Gasteiger partial charge in [0.15, 0.2) is 0 Å². The number of likely N-dealkylation sites (tertiary alicyclic amines) is 1. The highest BCUT2D eigenvalue weighted by atomic mass is 79.9. The molecule has 17 heavy (non-hydrogen) atoms. The largest absolute Gasteiger partial charge is 0.508 e. The van der Waals surface area contributed by atoms with Gasteiger partial charge in [0.2, 0.25) is 0 Å². The predicted molar refractivity (Wildman–Crippen MR) is 75.0 cm³/mol. The summed E-state index contributed by atoms with van der Waals surface area (Å²) >= 11 is 0. The van der Waals surface area contributed by atoms with Crippen molar-refractivity contribution >= 4 is 17.0 Å². The van der Waals surface area contributed by atoms with E-state index in [2.05, 4.69) is 24.8 Å². The van der Waals surface area contributed by atoms with Crippen molar-refractivity contribution in [3.8, 4) is 5.75 Å². The number of halogens is 1. The van der Waals surface area contributed by atoms with Crippen LogP contribution < -0.4 is 0 Å². The molecule has 0 radical (unpaired) electrons. The smallest absolute Gasteiger partial charge is 0.115 e. The highest BCUT2D eigenvalue weighted by molar-refractivity contribution is 8.93. The van der Waals surface area contributed by atoms with E-state index in [9.17, 15) is 5.11 Å². The number of nitrogens with zero attached hydrogens (tertiary/aromatic N) is 1. The summed E-state index contributed by atoms with van der Waals surface area (Å²) in [5.74, 6) is 0.413. The SMILES string of the molecule is Br.CCN1CCC2(C)CC1c1ccc(O)cc12. The van der Waals surface area contributed by atoms with E-state index >= 15 is 0 Å². The standard InChI is InChI=1S/C14H19NO.BrH/c1-3-15-7-6-14(2)9-13(15)11-5-4-10(16)8-12(11)14;/h4-5,8,13,16H,3,6-7,9H2,1-2H3;1H.